The number of likely N-dealkylation sites (N-methyl/N-ethyl adjacent to an activating group) is 1. The highest BCUT2D eigenvalue weighted by molar-refractivity contribution is 4.56. The van der Waals surface area contributed by atoms with Gasteiger partial charge in [-0.1, -0.05) is 39.0 Å². The first-order valence-corrected chi connectivity index (χ1v) is 6.03. The summed E-state index contributed by atoms with van der Waals surface area (Å²) >= 11 is 0. The molecule has 0 aliphatic heterocycles. The van der Waals surface area contributed by atoms with E-state index in [0.717, 1.165) is 13.1 Å². The Morgan fingerprint density at radius 3 is 2.21 bits per heavy atom. The average molecular weight is 201 g/mol. The molecule has 0 heterocycles. The van der Waals surface area contributed by atoms with Gasteiger partial charge in [-0.2, -0.15) is 0 Å². The summed E-state index contributed by atoms with van der Waals surface area (Å²) in [7, 11) is 2.08. The minimum absolute atomic E-state index is 0.194. The van der Waals surface area contributed by atoms with Crippen molar-refractivity contribution < 1.29 is 5.11 Å². The molecule has 0 fully saturated rings. The zero-order valence-corrected chi connectivity index (χ0v) is 10.1. The molecule has 86 valence electrons. The predicted octanol–water partition coefficient (Wildman–Crippen LogP) is 2.66. The summed E-state index contributed by atoms with van der Waals surface area (Å²) in [5, 5.41) is 9.15. The molecule has 0 aromatic carbocycles. The van der Waals surface area contributed by atoms with Crippen LogP contribution in [0.15, 0.2) is 0 Å². The van der Waals surface area contributed by atoms with Crippen LogP contribution in [0.25, 0.3) is 0 Å². The number of unbranched alkanes of at least 4 members (excludes halogenated alkanes) is 5. The maximum Gasteiger partial charge on any atom is 0.0638 e. The van der Waals surface area contributed by atoms with Crippen LogP contribution in [0.1, 0.15) is 52.4 Å². The predicted molar refractivity (Wildman–Crippen MR) is 62.6 cm³/mol. The Balaban J connectivity index is 3.10. The molecule has 0 bridgehead atoms. The van der Waals surface area contributed by atoms with E-state index >= 15 is 0 Å². The lowest BCUT2D eigenvalue weighted by Crippen LogP contribution is -2.28. The van der Waals surface area contributed by atoms with E-state index in [1.165, 1.54) is 38.5 Å². The van der Waals surface area contributed by atoms with Gasteiger partial charge in [0.25, 0.3) is 0 Å². The molecule has 1 unspecified atom stereocenters. The second-order valence-corrected chi connectivity index (χ2v) is 4.38. The molecule has 0 aliphatic carbocycles. The molecule has 2 nitrogen and oxygen atoms in total. The van der Waals surface area contributed by atoms with Crippen LogP contribution in [0.2, 0.25) is 0 Å². The Hall–Kier alpha value is -0.0800. The van der Waals surface area contributed by atoms with Crippen molar-refractivity contribution in [2.75, 3.05) is 20.1 Å². The van der Waals surface area contributed by atoms with Crippen LogP contribution in [0.4, 0.5) is 0 Å². The number of aliphatic hydroxyl groups is 1. The lowest BCUT2D eigenvalue weighted by molar-refractivity contribution is 0.140. The Morgan fingerprint density at radius 2 is 1.64 bits per heavy atom. The van der Waals surface area contributed by atoms with Crippen LogP contribution in [0.3, 0.4) is 0 Å². The minimum Gasteiger partial charge on any atom is -0.392 e. The Kier molecular flexibility index (Phi) is 9.42. The van der Waals surface area contributed by atoms with Crippen molar-refractivity contribution in [3.63, 3.8) is 0 Å². The standard InChI is InChI=1S/C12H27NO/c1-4-5-6-7-8-9-10-13(3)11-12(2)14/h12,14H,4-11H2,1-3H3. The smallest absolute Gasteiger partial charge is 0.0638 e. The molecule has 2 heteroatoms. The Morgan fingerprint density at radius 1 is 1.07 bits per heavy atom. The summed E-state index contributed by atoms with van der Waals surface area (Å²) in [6.45, 7) is 6.01. The normalized spacial score (nSPS) is 13.5. The first-order valence-electron chi connectivity index (χ1n) is 6.03. The molecule has 1 N–H and O–H groups in total. The summed E-state index contributed by atoms with van der Waals surface area (Å²) in [6.07, 6.45) is 7.87. The van der Waals surface area contributed by atoms with E-state index in [0.29, 0.717) is 0 Å². The summed E-state index contributed by atoms with van der Waals surface area (Å²) < 4.78 is 0. The zero-order valence-electron chi connectivity index (χ0n) is 10.1. The molecule has 0 aromatic heterocycles. The van der Waals surface area contributed by atoms with Gasteiger partial charge in [0.15, 0.2) is 0 Å². The fourth-order valence-electron chi connectivity index (χ4n) is 1.70. The summed E-state index contributed by atoms with van der Waals surface area (Å²) in [6, 6.07) is 0. The second-order valence-electron chi connectivity index (χ2n) is 4.38. The highest BCUT2D eigenvalue weighted by Gasteiger charge is 2.01. The van der Waals surface area contributed by atoms with Crippen LogP contribution in [0.5, 0.6) is 0 Å². The van der Waals surface area contributed by atoms with Gasteiger partial charge >= 0.3 is 0 Å². The monoisotopic (exact) mass is 201 g/mol. The molecule has 0 aliphatic rings. The van der Waals surface area contributed by atoms with E-state index in [1.54, 1.807) is 0 Å². The van der Waals surface area contributed by atoms with Crippen LogP contribution in [-0.4, -0.2) is 36.2 Å². The van der Waals surface area contributed by atoms with Crippen molar-refractivity contribution in [3.8, 4) is 0 Å². The van der Waals surface area contributed by atoms with Crippen molar-refractivity contribution in [2.45, 2.75) is 58.5 Å². The van der Waals surface area contributed by atoms with Crippen LogP contribution in [-0.2, 0) is 0 Å². The van der Waals surface area contributed by atoms with E-state index in [-0.39, 0.29) is 6.10 Å². The van der Waals surface area contributed by atoms with Gasteiger partial charge in [-0.25, -0.2) is 0 Å². The largest absolute Gasteiger partial charge is 0.392 e. The molecule has 14 heavy (non-hydrogen) atoms. The molecule has 0 rings (SSSR count). The SMILES string of the molecule is CCCCCCCCN(C)CC(C)O. The van der Waals surface area contributed by atoms with Gasteiger partial charge in [-0.05, 0) is 26.9 Å². The zero-order chi connectivity index (χ0) is 10.8. The highest BCUT2D eigenvalue weighted by Crippen LogP contribution is 2.05. The van der Waals surface area contributed by atoms with E-state index in [9.17, 15) is 0 Å². The molecule has 0 saturated heterocycles. The lowest BCUT2D eigenvalue weighted by Gasteiger charge is -2.17. The molecule has 1 atom stereocenters. The summed E-state index contributed by atoms with van der Waals surface area (Å²) in [4.78, 5) is 2.21. The number of hydrogen-bond donors (Lipinski definition) is 1. The van der Waals surface area contributed by atoms with E-state index in [2.05, 4.69) is 18.9 Å². The van der Waals surface area contributed by atoms with Gasteiger partial charge in [0.05, 0.1) is 6.10 Å². The first kappa shape index (κ1) is 13.9. The number of rotatable bonds is 9. The van der Waals surface area contributed by atoms with E-state index in [1.807, 2.05) is 6.92 Å². The van der Waals surface area contributed by atoms with E-state index in [4.69, 9.17) is 5.11 Å². The molecular weight excluding hydrogens is 174 g/mol. The van der Waals surface area contributed by atoms with Crippen molar-refractivity contribution in [1.29, 1.82) is 0 Å². The molecular formula is C12H27NO. The van der Waals surface area contributed by atoms with Crippen LogP contribution < -0.4 is 0 Å². The molecule has 0 saturated carbocycles. The van der Waals surface area contributed by atoms with E-state index < -0.39 is 0 Å². The van der Waals surface area contributed by atoms with Crippen molar-refractivity contribution in [2.24, 2.45) is 0 Å². The summed E-state index contributed by atoms with van der Waals surface area (Å²) in [5.41, 5.74) is 0. The van der Waals surface area contributed by atoms with Gasteiger partial charge in [-0.15, -0.1) is 0 Å². The molecule has 0 spiro atoms. The third-order valence-corrected chi connectivity index (χ3v) is 2.47. The van der Waals surface area contributed by atoms with Gasteiger partial charge in [-0.3, -0.25) is 0 Å². The quantitative estimate of drug-likeness (QED) is 0.580. The topological polar surface area (TPSA) is 23.5 Å². The van der Waals surface area contributed by atoms with Gasteiger partial charge in [0.1, 0.15) is 0 Å². The van der Waals surface area contributed by atoms with Crippen molar-refractivity contribution in [3.05, 3.63) is 0 Å². The maximum absolute atomic E-state index is 9.15. The van der Waals surface area contributed by atoms with Crippen molar-refractivity contribution in [1.82, 2.24) is 4.90 Å². The van der Waals surface area contributed by atoms with Gasteiger partial charge < -0.3 is 10.0 Å². The Bertz CT molecular complexity index is 115. The average Bonchev–Trinajstić information content (AvgIpc) is 2.10. The number of hydrogen-bond acceptors (Lipinski definition) is 2. The molecule has 0 aromatic rings. The van der Waals surface area contributed by atoms with Gasteiger partial charge in [0, 0.05) is 6.54 Å². The first-order chi connectivity index (χ1) is 6.66. The molecule has 0 radical (unpaired) electrons. The van der Waals surface area contributed by atoms with Crippen molar-refractivity contribution >= 4 is 0 Å². The number of aliphatic hydroxyl groups excluding tert-OH is 1. The van der Waals surface area contributed by atoms with Crippen LogP contribution >= 0.6 is 0 Å². The van der Waals surface area contributed by atoms with Crippen LogP contribution in [0, 0.1) is 0 Å². The lowest BCUT2D eigenvalue weighted by atomic mass is 10.1. The number of nitrogens with zero attached hydrogens (tertiary/aromatic N) is 1. The van der Waals surface area contributed by atoms with Gasteiger partial charge in [0.2, 0.25) is 0 Å². The fraction of sp³-hybridized carbons (Fsp3) is 1.00. The highest BCUT2D eigenvalue weighted by atomic mass is 16.3. The molecule has 0 amide bonds. The second kappa shape index (κ2) is 9.47. The Labute approximate surface area is 89.3 Å². The summed E-state index contributed by atoms with van der Waals surface area (Å²) in [5.74, 6) is 0. The third-order valence-electron chi connectivity index (χ3n) is 2.47. The fourth-order valence-corrected chi connectivity index (χ4v) is 1.70. The minimum atomic E-state index is -0.194. The third kappa shape index (κ3) is 10.0. The maximum atomic E-state index is 9.15.